The standard InChI is InChI=1S/C14H21N3O2S/c1-15-20(18,19)10-11-4-5-14-13(8-11)12(9-16-14)6-7-17(2)3/h4-5,8-9,15-16H,6-7,10H2,1-3H3/i1D3,4D,5D,6D2,7D2,8D,10D2/hD2. The summed E-state index contributed by atoms with van der Waals surface area (Å²) in [7, 11) is -3.32. The van der Waals surface area contributed by atoms with Crippen molar-refractivity contribution in [1.29, 1.82) is 0 Å². The van der Waals surface area contributed by atoms with Gasteiger partial charge in [0.1, 0.15) is 1.41 Å². The molecule has 2 aromatic rings. The van der Waals surface area contributed by atoms with Crippen molar-refractivity contribution in [1.82, 2.24) is 14.6 Å². The number of aryl methyl sites for hydroxylation is 1. The van der Waals surface area contributed by atoms with E-state index in [1.54, 1.807) is 0 Å². The molecule has 0 fully saturated rings. The smallest absolute Gasteiger partial charge is 0.215 e. The number of aromatic amines is 1. The average molecular weight is 309 g/mol. The van der Waals surface area contributed by atoms with Crippen LogP contribution < -0.4 is 4.72 Å². The van der Waals surface area contributed by atoms with Crippen LogP contribution in [0.4, 0.5) is 0 Å². The fourth-order valence-corrected chi connectivity index (χ4v) is 1.76. The van der Waals surface area contributed by atoms with Gasteiger partial charge < -0.3 is 9.88 Å². The van der Waals surface area contributed by atoms with Crippen LogP contribution in [-0.4, -0.2) is 45.9 Å². The second-order valence-corrected chi connectivity index (χ2v) is 5.28. The molecule has 1 aromatic heterocycles. The number of fused-ring (bicyclic) bond motifs is 1. The Morgan fingerprint density at radius 3 is 3.10 bits per heavy atom. The number of rotatable bonds is 6. The van der Waals surface area contributed by atoms with Gasteiger partial charge in [-0.2, -0.15) is 0 Å². The molecular weight excluding hydrogens is 274 g/mol. The number of hydrogen-bond donors (Lipinski definition) is 2. The molecule has 0 aliphatic carbocycles. The van der Waals surface area contributed by atoms with Crippen molar-refractivity contribution in [3.63, 3.8) is 0 Å². The third kappa shape index (κ3) is 3.59. The maximum absolute atomic E-state index is 12.7. The van der Waals surface area contributed by atoms with E-state index >= 15 is 0 Å². The molecule has 0 bridgehead atoms. The highest BCUT2D eigenvalue weighted by atomic mass is 32.2. The molecule has 0 aliphatic rings. The Labute approximate surface area is 139 Å². The molecule has 0 spiro atoms. The van der Waals surface area contributed by atoms with E-state index in [9.17, 15) is 8.42 Å². The number of H-pyrrole nitrogens is 1. The molecule has 2 rings (SSSR count). The van der Waals surface area contributed by atoms with E-state index < -0.39 is 80.4 Å². The minimum atomic E-state index is -5.75. The summed E-state index contributed by atoms with van der Waals surface area (Å²) in [5.74, 6) is 0. The molecular formula is C14H21N3O2S. The zero-order valence-electron chi connectivity index (χ0n) is 24.6. The predicted molar refractivity (Wildman–Crippen MR) is 82.2 cm³/mol. The SMILES string of the molecule is [2H]c1c(C([2H])([2H])S(=O)(=O)N([2H])C([2H])([2H])[2H])c([2H])c2c(C([2H])([2H])C([2H])([2H])N(C)C)cn([2H])c2c1[2H]. The van der Waals surface area contributed by atoms with Gasteiger partial charge in [0.15, 0.2) is 1.41 Å². The van der Waals surface area contributed by atoms with Crippen molar-refractivity contribution in [2.45, 2.75) is 12.1 Å². The highest BCUT2D eigenvalue weighted by Gasteiger charge is 2.11. The Morgan fingerprint density at radius 2 is 2.40 bits per heavy atom. The van der Waals surface area contributed by atoms with Crippen molar-refractivity contribution < 1.29 is 27.7 Å². The number of nitrogens with zero attached hydrogens (tertiary/aromatic N) is 1. The van der Waals surface area contributed by atoms with Crippen LogP contribution in [0.25, 0.3) is 10.9 Å². The van der Waals surface area contributed by atoms with Crippen LogP contribution in [-0.2, 0) is 22.1 Å². The Balaban J connectivity index is 3.06. The second kappa shape index (κ2) is 5.95. The fourth-order valence-electron chi connectivity index (χ4n) is 1.35. The number of nitrogens with one attached hydrogen (secondary N) is 2. The molecule has 0 radical (unpaired) electrons. The average Bonchev–Trinajstić information content (AvgIpc) is 3.02. The van der Waals surface area contributed by atoms with E-state index in [2.05, 4.69) is 0 Å². The molecule has 0 amide bonds. The molecule has 0 saturated carbocycles. The first-order chi connectivity index (χ1) is 15.0. The van der Waals surface area contributed by atoms with Gasteiger partial charge in [0.05, 0.1) is 9.82 Å². The van der Waals surface area contributed by atoms with E-state index in [1.165, 1.54) is 14.1 Å². The first-order valence-corrected chi connectivity index (χ1v) is 6.77. The Kier molecular flexibility index (Phi) is 1.52. The molecule has 0 saturated heterocycles. The van der Waals surface area contributed by atoms with Crippen LogP contribution in [0, 0.1) is 0 Å². The summed E-state index contributed by atoms with van der Waals surface area (Å²) < 4.78 is 135. The minimum absolute atomic E-state index is 0.389. The second-order valence-electron chi connectivity index (χ2n) is 3.95. The van der Waals surface area contributed by atoms with E-state index in [0.29, 0.717) is 4.98 Å². The van der Waals surface area contributed by atoms with Crippen LogP contribution in [0.5, 0.6) is 0 Å². The Morgan fingerprint density at radius 1 is 1.60 bits per heavy atom. The molecule has 2 N–H and O–H groups in total. The van der Waals surface area contributed by atoms with E-state index in [4.69, 9.17) is 19.3 Å². The number of benzene rings is 1. The van der Waals surface area contributed by atoms with Crippen LogP contribution >= 0.6 is 0 Å². The summed E-state index contributed by atoms with van der Waals surface area (Å²) in [5.41, 5.74) is -6.53. The molecule has 0 atom stereocenters. The van der Waals surface area contributed by atoms with Crippen LogP contribution in [0.15, 0.2) is 24.3 Å². The van der Waals surface area contributed by atoms with E-state index in [0.717, 1.165) is 11.1 Å². The lowest BCUT2D eigenvalue weighted by molar-refractivity contribution is 0.414. The third-order valence-electron chi connectivity index (χ3n) is 2.15. The van der Waals surface area contributed by atoms with Crippen LogP contribution in [0.1, 0.15) is 27.6 Å². The lowest BCUT2D eigenvalue weighted by atomic mass is 10.1. The maximum atomic E-state index is 12.7. The van der Waals surface area contributed by atoms with Crippen LogP contribution in [0.3, 0.4) is 0 Å². The normalized spacial score (nSPS) is 25.6. The molecule has 20 heavy (non-hydrogen) atoms. The lowest BCUT2D eigenvalue weighted by Gasteiger charge is -2.08. The predicted octanol–water partition coefficient (Wildman–Crippen LogP) is 1.32. The van der Waals surface area contributed by atoms with Gasteiger partial charge in [0.2, 0.25) is 10.0 Å². The lowest BCUT2D eigenvalue weighted by Crippen LogP contribution is -2.20. The minimum Gasteiger partial charge on any atom is -0.361 e. The van der Waals surface area contributed by atoms with Crippen LogP contribution in [0.2, 0.25) is 2.82 Å². The van der Waals surface area contributed by atoms with Gasteiger partial charge in [-0.05, 0) is 50.7 Å². The summed E-state index contributed by atoms with van der Waals surface area (Å²) >= 11 is 0. The van der Waals surface area contributed by atoms with Gasteiger partial charge in [-0.15, -0.1) is 0 Å². The summed E-state index contributed by atoms with van der Waals surface area (Å²) in [6.45, 7) is -6.40. The van der Waals surface area contributed by atoms with E-state index in [1.807, 2.05) is 0 Å². The number of hydrogen-bond acceptors (Lipinski definition) is 3. The molecule has 1 aromatic carbocycles. The molecule has 6 heteroatoms. The summed E-state index contributed by atoms with van der Waals surface area (Å²) in [6, 6.07) is -3.34. The van der Waals surface area contributed by atoms with E-state index in [-0.39, 0.29) is 0 Å². The third-order valence-corrected chi connectivity index (χ3v) is 2.85. The van der Waals surface area contributed by atoms with Crippen molar-refractivity contribution in [3.05, 3.63) is 35.5 Å². The molecule has 0 unspecified atom stereocenters. The zero-order chi connectivity index (χ0) is 27.0. The summed E-state index contributed by atoms with van der Waals surface area (Å²) in [5, 5.41) is -0.703. The number of aromatic nitrogens is 1. The summed E-state index contributed by atoms with van der Waals surface area (Å²) in [4.78, 5) is 1.25. The topological polar surface area (TPSA) is 65.2 Å². The van der Waals surface area contributed by atoms with Crippen molar-refractivity contribution in [2.75, 3.05) is 27.6 Å². The Hall–Kier alpha value is -1.37. The molecule has 0 aliphatic heterocycles. The zero-order valence-corrected chi connectivity index (χ0v) is 11.5. The van der Waals surface area contributed by atoms with Gasteiger partial charge >= 0.3 is 0 Å². The van der Waals surface area contributed by atoms with Crippen molar-refractivity contribution >= 4 is 20.9 Å². The molecule has 110 valence electrons. The van der Waals surface area contributed by atoms with Gasteiger partial charge in [-0.3, -0.25) is 0 Å². The van der Waals surface area contributed by atoms with Gasteiger partial charge in [0, 0.05) is 35.9 Å². The first-order valence-electron chi connectivity index (χ1n) is 12.2. The molecule has 5 nitrogen and oxygen atoms in total. The number of likely N-dealkylation sites (N-methyl/N-ethyl adjacent to an activating group) is 1. The summed E-state index contributed by atoms with van der Waals surface area (Å²) in [6.07, 6.45) is -2.26. The number of sulfonamides is 1. The van der Waals surface area contributed by atoms with Gasteiger partial charge in [0.25, 0.3) is 0 Å². The highest BCUT2D eigenvalue weighted by molar-refractivity contribution is 7.88. The van der Waals surface area contributed by atoms with Gasteiger partial charge in [-0.25, -0.2) is 13.1 Å². The Bertz CT molecular complexity index is 1230. The fraction of sp³-hybridized carbons (Fsp3) is 0.429. The quantitative estimate of drug-likeness (QED) is 0.846. The largest absolute Gasteiger partial charge is 0.361 e. The maximum Gasteiger partial charge on any atom is 0.215 e. The molecule has 1 heterocycles. The van der Waals surface area contributed by atoms with Crippen molar-refractivity contribution in [3.8, 4) is 0 Å². The van der Waals surface area contributed by atoms with Crippen molar-refractivity contribution in [2.24, 2.45) is 0 Å². The van der Waals surface area contributed by atoms with Gasteiger partial charge in [-0.1, -0.05) is 6.04 Å². The first kappa shape index (κ1) is 5.12. The monoisotopic (exact) mass is 309 g/mol. The highest BCUT2D eigenvalue weighted by Crippen LogP contribution is 2.21.